The van der Waals surface area contributed by atoms with Crippen molar-refractivity contribution < 1.29 is 9.53 Å². The standard InChI is InChI=1S/C9H13BrN2O2/c1-14-9(13)8-5-7(10)6-12(8)4-2-3-11/h5-6H,2-4,11H2,1H3. The van der Waals surface area contributed by atoms with Crippen molar-refractivity contribution in [3.63, 3.8) is 0 Å². The minimum absolute atomic E-state index is 0.326. The van der Waals surface area contributed by atoms with E-state index in [0.717, 1.165) is 17.4 Å². The fraction of sp³-hybridized carbons (Fsp3) is 0.444. The van der Waals surface area contributed by atoms with E-state index in [2.05, 4.69) is 20.7 Å². The second kappa shape index (κ2) is 5.17. The lowest BCUT2D eigenvalue weighted by molar-refractivity contribution is 0.0588. The molecule has 0 aliphatic heterocycles. The van der Waals surface area contributed by atoms with Gasteiger partial charge in [-0.15, -0.1) is 0 Å². The number of aryl methyl sites for hydroxylation is 1. The molecule has 1 aromatic rings. The predicted octanol–water partition coefficient (Wildman–Crippen LogP) is 1.39. The minimum Gasteiger partial charge on any atom is -0.464 e. The highest BCUT2D eigenvalue weighted by Crippen LogP contribution is 2.16. The van der Waals surface area contributed by atoms with Gasteiger partial charge in [0.05, 0.1) is 7.11 Å². The van der Waals surface area contributed by atoms with Gasteiger partial charge < -0.3 is 15.0 Å². The van der Waals surface area contributed by atoms with Crippen molar-refractivity contribution >= 4 is 21.9 Å². The lowest BCUT2D eigenvalue weighted by Gasteiger charge is -2.05. The fourth-order valence-electron chi connectivity index (χ4n) is 1.20. The number of methoxy groups -OCH3 is 1. The molecule has 0 fully saturated rings. The van der Waals surface area contributed by atoms with Crippen LogP contribution in [-0.2, 0) is 11.3 Å². The Kier molecular flexibility index (Phi) is 4.16. The highest BCUT2D eigenvalue weighted by molar-refractivity contribution is 9.10. The van der Waals surface area contributed by atoms with Crippen LogP contribution in [0.4, 0.5) is 0 Å². The van der Waals surface area contributed by atoms with Crippen LogP contribution >= 0.6 is 15.9 Å². The number of rotatable bonds is 4. The van der Waals surface area contributed by atoms with Crippen molar-refractivity contribution in [2.75, 3.05) is 13.7 Å². The number of hydrogen-bond donors (Lipinski definition) is 1. The van der Waals surface area contributed by atoms with Crippen LogP contribution in [0.3, 0.4) is 0 Å². The Labute approximate surface area is 91.2 Å². The van der Waals surface area contributed by atoms with Crippen molar-refractivity contribution in [3.8, 4) is 0 Å². The van der Waals surface area contributed by atoms with Crippen LogP contribution < -0.4 is 5.73 Å². The summed E-state index contributed by atoms with van der Waals surface area (Å²) in [5, 5.41) is 0. The van der Waals surface area contributed by atoms with Crippen molar-refractivity contribution in [1.29, 1.82) is 0 Å². The van der Waals surface area contributed by atoms with E-state index in [0.29, 0.717) is 12.2 Å². The van der Waals surface area contributed by atoms with Crippen molar-refractivity contribution in [3.05, 3.63) is 22.4 Å². The number of carbonyl (C=O) groups excluding carboxylic acids is 1. The molecule has 2 N–H and O–H groups in total. The molecule has 0 aliphatic rings. The number of aromatic nitrogens is 1. The first-order valence-corrected chi connectivity index (χ1v) is 5.12. The number of esters is 1. The summed E-state index contributed by atoms with van der Waals surface area (Å²) in [5.74, 6) is -0.326. The second-order valence-electron chi connectivity index (χ2n) is 2.87. The summed E-state index contributed by atoms with van der Waals surface area (Å²) in [6, 6.07) is 1.74. The summed E-state index contributed by atoms with van der Waals surface area (Å²) >= 11 is 3.31. The molecule has 0 aromatic carbocycles. The Morgan fingerprint density at radius 1 is 1.71 bits per heavy atom. The number of hydrogen-bond acceptors (Lipinski definition) is 3. The van der Waals surface area contributed by atoms with Gasteiger partial charge in [-0.2, -0.15) is 0 Å². The van der Waals surface area contributed by atoms with Crippen LogP contribution in [0.5, 0.6) is 0 Å². The first kappa shape index (κ1) is 11.3. The zero-order chi connectivity index (χ0) is 10.6. The lowest BCUT2D eigenvalue weighted by Crippen LogP contribution is -2.12. The van der Waals surface area contributed by atoms with Crippen molar-refractivity contribution in [2.24, 2.45) is 5.73 Å². The van der Waals surface area contributed by atoms with Gasteiger partial charge in [0, 0.05) is 17.2 Å². The average Bonchev–Trinajstić information content (AvgIpc) is 2.55. The SMILES string of the molecule is COC(=O)c1cc(Br)cn1CCCN. The summed E-state index contributed by atoms with van der Waals surface area (Å²) in [4.78, 5) is 11.3. The average molecular weight is 261 g/mol. The molecule has 0 amide bonds. The van der Waals surface area contributed by atoms with Crippen LogP contribution in [0.2, 0.25) is 0 Å². The highest BCUT2D eigenvalue weighted by Gasteiger charge is 2.12. The molecule has 0 saturated heterocycles. The molecule has 0 spiro atoms. The normalized spacial score (nSPS) is 10.2. The molecule has 1 heterocycles. The molecule has 0 bridgehead atoms. The van der Waals surface area contributed by atoms with E-state index >= 15 is 0 Å². The number of carbonyl (C=O) groups is 1. The zero-order valence-corrected chi connectivity index (χ0v) is 9.58. The Hall–Kier alpha value is -0.810. The molecular weight excluding hydrogens is 248 g/mol. The van der Waals surface area contributed by atoms with Crippen LogP contribution in [-0.4, -0.2) is 24.2 Å². The van der Waals surface area contributed by atoms with Gasteiger partial charge in [0.15, 0.2) is 0 Å². The zero-order valence-electron chi connectivity index (χ0n) is 8.00. The van der Waals surface area contributed by atoms with Gasteiger partial charge in [0.1, 0.15) is 5.69 Å². The maximum Gasteiger partial charge on any atom is 0.354 e. The second-order valence-corrected chi connectivity index (χ2v) is 3.79. The predicted molar refractivity (Wildman–Crippen MR) is 57.1 cm³/mol. The topological polar surface area (TPSA) is 57.2 Å². The Morgan fingerprint density at radius 3 is 3.00 bits per heavy atom. The molecule has 4 nitrogen and oxygen atoms in total. The van der Waals surface area contributed by atoms with Crippen LogP contribution in [0, 0.1) is 0 Å². The van der Waals surface area contributed by atoms with Crippen LogP contribution in [0.25, 0.3) is 0 Å². The maximum atomic E-state index is 11.3. The van der Waals surface area contributed by atoms with Gasteiger partial charge in [-0.1, -0.05) is 0 Å². The van der Waals surface area contributed by atoms with E-state index in [4.69, 9.17) is 5.73 Å². The van der Waals surface area contributed by atoms with Crippen molar-refractivity contribution in [1.82, 2.24) is 4.57 Å². The smallest absolute Gasteiger partial charge is 0.354 e. The third kappa shape index (κ3) is 2.59. The first-order chi connectivity index (χ1) is 6.69. The van der Waals surface area contributed by atoms with Crippen LogP contribution in [0.15, 0.2) is 16.7 Å². The lowest BCUT2D eigenvalue weighted by atomic mass is 10.4. The van der Waals surface area contributed by atoms with Gasteiger partial charge in [-0.25, -0.2) is 4.79 Å². The molecule has 0 unspecified atom stereocenters. The Balaban J connectivity index is 2.85. The van der Waals surface area contributed by atoms with E-state index in [1.807, 2.05) is 10.8 Å². The molecule has 1 rings (SSSR count). The highest BCUT2D eigenvalue weighted by atomic mass is 79.9. The van der Waals surface area contributed by atoms with Gasteiger partial charge in [0.2, 0.25) is 0 Å². The third-order valence-electron chi connectivity index (χ3n) is 1.86. The monoisotopic (exact) mass is 260 g/mol. The van der Waals surface area contributed by atoms with E-state index < -0.39 is 0 Å². The Bertz CT molecular complexity index is 323. The first-order valence-electron chi connectivity index (χ1n) is 4.33. The minimum atomic E-state index is -0.326. The fourth-order valence-corrected chi connectivity index (χ4v) is 1.66. The maximum absolute atomic E-state index is 11.3. The number of ether oxygens (including phenoxy) is 1. The van der Waals surface area contributed by atoms with Gasteiger partial charge in [-0.3, -0.25) is 0 Å². The van der Waals surface area contributed by atoms with E-state index in [-0.39, 0.29) is 5.97 Å². The number of nitrogens with two attached hydrogens (primary N) is 1. The molecule has 0 radical (unpaired) electrons. The quantitative estimate of drug-likeness (QED) is 0.833. The molecular formula is C9H13BrN2O2. The number of nitrogens with zero attached hydrogens (tertiary/aromatic N) is 1. The molecule has 0 atom stereocenters. The summed E-state index contributed by atoms with van der Waals surface area (Å²) in [5.41, 5.74) is 5.95. The molecule has 5 heteroatoms. The summed E-state index contributed by atoms with van der Waals surface area (Å²) in [7, 11) is 1.37. The van der Waals surface area contributed by atoms with Crippen LogP contribution in [0.1, 0.15) is 16.9 Å². The van der Waals surface area contributed by atoms with E-state index in [9.17, 15) is 4.79 Å². The molecule has 0 aliphatic carbocycles. The molecule has 1 aromatic heterocycles. The summed E-state index contributed by atoms with van der Waals surface area (Å²) < 4.78 is 7.36. The largest absolute Gasteiger partial charge is 0.464 e. The van der Waals surface area contributed by atoms with Gasteiger partial charge in [-0.05, 0) is 35.0 Å². The van der Waals surface area contributed by atoms with E-state index in [1.165, 1.54) is 7.11 Å². The summed E-state index contributed by atoms with van der Waals surface area (Å²) in [6.07, 6.45) is 2.69. The summed E-state index contributed by atoms with van der Waals surface area (Å²) in [6.45, 7) is 1.34. The van der Waals surface area contributed by atoms with Crippen molar-refractivity contribution in [2.45, 2.75) is 13.0 Å². The third-order valence-corrected chi connectivity index (χ3v) is 2.29. The Morgan fingerprint density at radius 2 is 2.43 bits per heavy atom. The molecule has 0 saturated carbocycles. The van der Waals surface area contributed by atoms with Gasteiger partial charge >= 0.3 is 5.97 Å². The molecule has 14 heavy (non-hydrogen) atoms. The van der Waals surface area contributed by atoms with E-state index in [1.54, 1.807) is 6.07 Å². The van der Waals surface area contributed by atoms with Gasteiger partial charge in [0.25, 0.3) is 0 Å². The number of halogens is 1. The molecule has 78 valence electrons.